The third-order valence-corrected chi connectivity index (χ3v) is 4.02. The van der Waals surface area contributed by atoms with E-state index in [9.17, 15) is 0 Å². The lowest BCUT2D eigenvalue weighted by Crippen LogP contribution is -2.29. The molecule has 1 saturated carbocycles. The van der Waals surface area contributed by atoms with Crippen molar-refractivity contribution in [3.8, 4) is 0 Å². The van der Waals surface area contributed by atoms with Gasteiger partial charge in [-0.05, 0) is 37.8 Å². The van der Waals surface area contributed by atoms with Gasteiger partial charge in [0.25, 0.3) is 0 Å². The number of aryl methyl sites for hydroxylation is 1. The summed E-state index contributed by atoms with van der Waals surface area (Å²) >= 11 is 0. The van der Waals surface area contributed by atoms with Crippen LogP contribution in [0.15, 0.2) is 12.3 Å². The van der Waals surface area contributed by atoms with Crippen molar-refractivity contribution in [2.75, 3.05) is 7.05 Å². The molecule has 0 spiro atoms. The molecular formula is C13H23N3. The van der Waals surface area contributed by atoms with Crippen LogP contribution in [0.4, 0.5) is 0 Å². The van der Waals surface area contributed by atoms with E-state index in [-0.39, 0.29) is 0 Å². The molecule has 1 aromatic rings. The van der Waals surface area contributed by atoms with Crippen molar-refractivity contribution < 1.29 is 0 Å². The first-order valence-electron chi connectivity index (χ1n) is 6.37. The summed E-state index contributed by atoms with van der Waals surface area (Å²) in [7, 11) is 4.10. The number of hydrogen-bond donors (Lipinski definition) is 1. The SMILES string of the molecule is CNC(c1ccnn1C)C1CCC(C)CC1. The first kappa shape index (κ1) is 11.6. The lowest BCUT2D eigenvalue weighted by atomic mass is 9.78. The smallest absolute Gasteiger partial charge is 0.0553 e. The molecular weight excluding hydrogens is 198 g/mol. The first-order valence-corrected chi connectivity index (χ1v) is 6.37. The Morgan fingerprint density at radius 3 is 2.56 bits per heavy atom. The fourth-order valence-electron chi connectivity index (χ4n) is 2.93. The van der Waals surface area contributed by atoms with Gasteiger partial charge in [0, 0.05) is 13.2 Å². The van der Waals surface area contributed by atoms with Gasteiger partial charge in [0.2, 0.25) is 0 Å². The van der Waals surface area contributed by atoms with Crippen LogP contribution in [-0.2, 0) is 7.05 Å². The molecule has 1 atom stereocenters. The highest BCUT2D eigenvalue weighted by Gasteiger charge is 2.27. The molecule has 0 aliphatic heterocycles. The Balaban J connectivity index is 2.08. The average molecular weight is 221 g/mol. The van der Waals surface area contributed by atoms with Crippen molar-refractivity contribution in [3.05, 3.63) is 18.0 Å². The van der Waals surface area contributed by atoms with Gasteiger partial charge in [-0.1, -0.05) is 19.8 Å². The van der Waals surface area contributed by atoms with Crippen molar-refractivity contribution in [2.24, 2.45) is 18.9 Å². The maximum Gasteiger partial charge on any atom is 0.0553 e. The highest BCUT2D eigenvalue weighted by Crippen LogP contribution is 2.36. The molecule has 3 heteroatoms. The van der Waals surface area contributed by atoms with Gasteiger partial charge < -0.3 is 5.32 Å². The fourth-order valence-corrected chi connectivity index (χ4v) is 2.93. The standard InChI is InChI=1S/C13H23N3/c1-10-4-6-11(7-5-10)13(14-2)12-8-9-15-16(12)3/h8-11,13-14H,4-7H2,1-3H3. The molecule has 0 radical (unpaired) electrons. The Kier molecular flexibility index (Phi) is 3.64. The second-order valence-electron chi connectivity index (χ2n) is 5.17. The summed E-state index contributed by atoms with van der Waals surface area (Å²) in [6, 6.07) is 2.61. The highest BCUT2D eigenvalue weighted by molar-refractivity contribution is 5.08. The summed E-state index contributed by atoms with van der Waals surface area (Å²) in [5.41, 5.74) is 1.32. The summed E-state index contributed by atoms with van der Waals surface area (Å²) in [4.78, 5) is 0. The predicted octanol–water partition coefficient (Wildman–Crippen LogP) is 2.51. The van der Waals surface area contributed by atoms with Gasteiger partial charge in [-0.3, -0.25) is 4.68 Å². The van der Waals surface area contributed by atoms with E-state index >= 15 is 0 Å². The lowest BCUT2D eigenvalue weighted by Gasteiger charge is -2.32. The number of nitrogens with one attached hydrogen (secondary N) is 1. The average Bonchev–Trinajstić information content (AvgIpc) is 2.69. The molecule has 2 rings (SSSR count). The zero-order valence-corrected chi connectivity index (χ0v) is 10.6. The van der Waals surface area contributed by atoms with Crippen molar-refractivity contribution in [2.45, 2.75) is 38.6 Å². The third kappa shape index (κ3) is 2.29. The monoisotopic (exact) mass is 221 g/mol. The number of aromatic nitrogens is 2. The van der Waals surface area contributed by atoms with Gasteiger partial charge in [0.15, 0.2) is 0 Å². The number of rotatable bonds is 3. The third-order valence-electron chi connectivity index (χ3n) is 4.02. The summed E-state index contributed by atoms with van der Waals surface area (Å²) in [6.07, 6.45) is 7.34. The van der Waals surface area contributed by atoms with E-state index in [0.29, 0.717) is 6.04 Å². The fraction of sp³-hybridized carbons (Fsp3) is 0.769. The Hall–Kier alpha value is -0.830. The minimum absolute atomic E-state index is 0.472. The van der Waals surface area contributed by atoms with Crippen molar-refractivity contribution >= 4 is 0 Å². The first-order chi connectivity index (χ1) is 7.72. The van der Waals surface area contributed by atoms with E-state index in [0.717, 1.165) is 11.8 Å². The van der Waals surface area contributed by atoms with Crippen LogP contribution in [0, 0.1) is 11.8 Å². The maximum atomic E-state index is 4.27. The zero-order chi connectivity index (χ0) is 11.5. The topological polar surface area (TPSA) is 29.9 Å². The van der Waals surface area contributed by atoms with Crippen LogP contribution in [0.5, 0.6) is 0 Å². The Morgan fingerprint density at radius 2 is 2.06 bits per heavy atom. The molecule has 0 bridgehead atoms. The molecule has 0 saturated heterocycles. The minimum atomic E-state index is 0.472. The van der Waals surface area contributed by atoms with Crippen molar-refractivity contribution in [3.63, 3.8) is 0 Å². The van der Waals surface area contributed by atoms with E-state index in [1.165, 1.54) is 31.4 Å². The van der Waals surface area contributed by atoms with E-state index < -0.39 is 0 Å². The summed E-state index contributed by atoms with van der Waals surface area (Å²) in [6.45, 7) is 2.37. The molecule has 0 aromatic carbocycles. The van der Waals surface area contributed by atoms with Gasteiger partial charge in [-0.15, -0.1) is 0 Å². The van der Waals surface area contributed by atoms with Crippen LogP contribution in [-0.4, -0.2) is 16.8 Å². The molecule has 1 aromatic heterocycles. The van der Waals surface area contributed by atoms with Gasteiger partial charge in [-0.2, -0.15) is 5.10 Å². The van der Waals surface area contributed by atoms with Crippen LogP contribution in [0.1, 0.15) is 44.3 Å². The van der Waals surface area contributed by atoms with Crippen LogP contribution in [0.2, 0.25) is 0 Å². The van der Waals surface area contributed by atoms with Crippen LogP contribution >= 0.6 is 0 Å². The predicted molar refractivity (Wildman–Crippen MR) is 66.1 cm³/mol. The van der Waals surface area contributed by atoms with E-state index in [4.69, 9.17) is 0 Å². The zero-order valence-electron chi connectivity index (χ0n) is 10.6. The molecule has 1 heterocycles. The van der Waals surface area contributed by atoms with Crippen LogP contribution in [0.3, 0.4) is 0 Å². The summed E-state index contributed by atoms with van der Waals surface area (Å²) in [5, 5.41) is 7.74. The highest BCUT2D eigenvalue weighted by atomic mass is 15.3. The van der Waals surface area contributed by atoms with Crippen molar-refractivity contribution in [1.82, 2.24) is 15.1 Å². The van der Waals surface area contributed by atoms with E-state index in [1.807, 2.05) is 17.9 Å². The molecule has 16 heavy (non-hydrogen) atoms. The number of hydrogen-bond acceptors (Lipinski definition) is 2. The van der Waals surface area contributed by atoms with Crippen molar-refractivity contribution in [1.29, 1.82) is 0 Å². The van der Waals surface area contributed by atoms with Crippen LogP contribution < -0.4 is 5.32 Å². The van der Waals surface area contributed by atoms with E-state index in [2.05, 4.69) is 30.5 Å². The second kappa shape index (κ2) is 5.00. The van der Waals surface area contributed by atoms with Gasteiger partial charge in [0.05, 0.1) is 11.7 Å². The normalized spacial score (nSPS) is 27.9. The maximum absolute atomic E-state index is 4.27. The molecule has 1 N–H and O–H groups in total. The minimum Gasteiger partial charge on any atom is -0.311 e. The second-order valence-corrected chi connectivity index (χ2v) is 5.17. The molecule has 1 fully saturated rings. The molecule has 1 unspecified atom stereocenters. The molecule has 0 amide bonds. The number of nitrogens with zero attached hydrogens (tertiary/aromatic N) is 2. The Morgan fingerprint density at radius 1 is 1.38 bits per heavy atom. The lowest BCUT2D eigenvalue weighted by molar-refractivity contribution is 0.232. The quantitative estimate of drug-likeness (QED) is 0.850. The van der Waals surface area contributed by atoms with Crippen LogP contribution in [0.25, 0.3) is 0 Å². The molecule has 3 nitrogen and oxygen atoms in total. The molecule has 90 valence electrons. The summed E-state index contributed by atoms with van der Waals surface area (Å²) in [5.74, 6) is 1.69. The van der Waals surface area contributed by atoms with Gasteiger partial charge >= 0.3 is 0 Å². The summed E-state index contributed by atoms with van der Waals surface area (Å²) < 4.78 is 2.00. The Labute approximate surface area is 98.2 Å². The van der Waals surface area contributed by atoms with Gasteiger partial charge in [-0.25, -0.2) is 0 Å². The molecule has 1 aliphatic carbocycles. The Bertz CT molecular complexity index is 324. The van der Waals surface area contributed by atoms with E-state index in [1.54, 1.807) is 0 Å². The van der Waals surface area contributed by atoms with Gasteiger partial charge in [0.1, 0.15) is 0 Å². The molecule has 1 aliphatic rings. The largest absolute Gasteiger partial charge is 0.311 e.